The van der Waals surface area contributed by atoms with Crippen molar-refractivity contribution >= 4 is 25.1 Å². The second-order valence-electron chi connectivity index (χ2n) is 7.62. The van der Waals surface area contributed by atoms with Gasteiger partial charge in [-0.3, -0.25) is 4.79 Å². The number of carbonyl (C=O) groups is 1. The zero-order valence-electron chi connectivity index (χ0n) is 14.8. The number of hydrogen-bond donors (Lipinski definition) is 1. The number of amides is 1. The maximum atomic E-state index is 11.3. The van der Waals surface area contributed by atoms with Crippen LogP contribution in [-0.2, 0) is 22.2 Å². The number of benzene rings is 1. The van der Waals surface area contributed by atoms with Gasteiger partial charge in [0.1, 0.15) is 0 Å². The van der Waals surface area contributed by atoms with Gasteiger partial charge >= 0.3 is 0 Å². The van der Waals surface area contributed by atoms with Crippen molar-refractivity contribution in [2.24, 2.45) is 5.73 Å². The number of primary amides is 1. The molecular weight excluding hydrogens is 304 g/mol. The van der Waals surface area contributed by atoms with Crippen LogP contribution in [0, 0.1) is 0 Å². The number of carbonyl (C=O) groups excluding carboxylic acids is 1. The van der Waals surface area contributed by atoms with Gasteiger partial charge in [-0.2, -0.15) is 0 Å². The third kappa shape index (κ3) is 4.03. The van der Waals surface area contributed by atoms with Crippen LogP contribution in [0.3, 0.4) is 0 Å². The molecule has 0 fully saturated rings. The molecule has 0 atom stereocenters. The Morgan fingerprint density at radius 3 is 2.52 bits per heavy atom. The predicted molar refractivity (Wildman–Crippen MR) is 98.0 cm³/mol. The summed E-state index contributed by atoms with van der Waals surface area (Å²) < 4.78 is 8.43. The monoisotopic (exact) mass is 332 g/mol. The van der Waals surface area contributed by atoms with E-state index in [2.05, 4.69) is 44.5 Å². The molecule has 1 aromatic carbocycles. The van der Waals surface area contributed by atoms with Crippen molar-refractivity contribution in [3.05, 3.63) is 36.0 Å². The molecule has 126 valence electrons. The normalized spacial score (nSPS) is 12.7. The van der Waals surface area contributed by atoms with Crippen LogP contribution in [0.1, 0.15) is 26.3 Å². The molecule has 0 saturated heterocycles. The van der Waals surface area contributed by atoms with E-state index in [1.54, 1.807) is 0 Å². The quantitative estimate of drug-likeness (QED) is 0.820. The lowest BCUT2D eigenvalue weighted by atomic mass is 10.1. The van der Waals surface area contributed by atoms with E-state index in [-0.39, 0.29) is 17.4 Å². The van der Waals surface area contributed by atoms with Crippen molar-refractivity contribution in [1.29, 1.82) is 0 Å². The topological polar surface area (TPSA) is 57.2 Å². The predicted octanol–water partition coefficient (Wildman–Crippen LogP) is 3.69. The van der Waals surface area contributed by atoms with Crippen molar-refractivity contribution < 1.29 is 9.22 Å². The maximum absolute atomic E-state index is 11.3. The largest absolute Gasteiger partial charge is 0.415 e. The first-order valence-corrected chi connectivity index (χ1v) is 11.0. The van der Waals surface area contributed by atoms with E-state index < -0.39 is 8.32 Å². The molecule has 0 saturated carbocycles. The molecule has 0 spiro atoms. The molecule has 1 amide bonds. The van der Waals surface area contributed by atoms with Gasteiger partial charge in [-0.25, -0.2) is 0 Å². The van der Waals surface area contributed by atoms with Gasteiger partial charge in [-0.05, 0) is 29.8 Å². The molecule has 0 aliphatic carbocycles. The third-order valence-electron chi connectivity index (χ3n) is 4.84. The van der Waals surface area contributed by atoms with Gasteiger partial charge < -0.3 is 14.7 Å². The summed E-state index contributed by atoms with van der Waals surface area (Å²) in [7, 11) is -1.73. The third-order valence-corrected chi connectivity index (χ3v) is 9.38. The fourth-order valence-electron chi connectivity index (χ4n) is 2.45. The van der Waals surface area contributed by atoms with Crippen molar-refractivity contribution in [1.82, 2.24) is 4.57 Å². The molecule has 5 heteroatoms. The summed E-state index contributed by atoms with van der Waals surface area (Å²) in [6, 6.07) is 8.12. The molecule has 2 aromatic rings. The number of aromatic nitrogens is 1. The number of rotatable bonds is 6. The molecule has 0 aliphatic rings. The molecule has 0 radical (unpaired) electrons. The van der Waals surface area contributed by atoms with Crippen LogP contribution >= 0.6 is 0 Å². The van der Waals surface area contributed by atoms with Crippen LogP contribution in [0.4, 0.5) is 0 Å². The number of hydrogen-bond acceptors (Lipinski definition) is 2. The van der Waals surface area contributed by atoms with Crippen LogP contribution in [0.5, 0.6) is 0 Å². The summed E-state index contributed by atoms with van der Waals surface area (Å²) in [5, 5.41) is 1.31. The Morgan fingerprint density at radius 2 is 1.91 bits per heavy atom. The minimum atomic E-state index is -1.73. The lowest BCUT2D eigenvalue weighted by Crippen LogP contribution is -2.41. The lowest BCUT2D eigenvalue weighted by Gasteiger charge is -2.36. The second kappa shape index (κ2) is 6.49. The molecule has 1 heterocycles. The standard InChI is InChI=1S/C18H28N2O2Si/c1-18(2,3)23(4,5)22-11-10-20-13-14(12-17(19)21)15-8-6-7-9-16(15)20/h6-9,13H,10-12H2,1-5H3,(H2,19,21). The number of fused-ring (bicyclic) bond motifs is 1. The van der Waals surface area contributed by atoms with E-state index in [1.165, 1.54) is 0 Å². The Hall–Kier alpha value is -1.59. The van der Waals surface area contributed by atoms with Gasteiger partial charge in [0.05, 0.1) is 13.0 Å². The summed E-state index contributed by atoms with van der Waals surface area (Å²) in [6.07, 6.45) is 2.31. The van der Waals surface area contributed by atoms with Gasteiger partial charge in [-0.15, -0.1) is 0 Å². The summed E-state index contributed by atoms with van der Waals surface area (Å²) in [4.78, 5) is 11.3. The Labute approximate surface area is 139 Å². The van der Waals surface area contributed by atoms with Crippen molar-refractivity contribution in [3.8, 4) is 0 Å². The zero-order chi connectivity index (χ0) is 17.3. The Balaban J connectivity index is 2.16. The van der Waals surface area contributed by atoms with Crippen LogP contribution in [0.2, 0.25) is 18.1 Å². The van der Waals surface area contributed by atoms with Gasteiger partial charge in [0, 0.05) is 23.6 Å². The molecule has 0 unspecified atom stereocenters. The molecular formula is C18H28N2O2Si. The summed E-state index contributed by atoms with van der Waals surface area (Å²) >= 11 is 0. The highest BCUT2D eigenvalue weighted by Gasteiger charge is 2.36. The van der Waals surface area contributed by atoms with E-state index in [1.807, 2.05) is 24.4 Å². The number of nitrogens with two attached hydrogens (primary N) is 1. The molecule has 0 aliphatic heterocycles. The van der Waals surface area contributed by atoms with Gasteiger partial charge in [0.2, 0.25) is 5.91 Å². The summed E-state index contributed by atoms with van der Waals surface area (Å²) in [5.41, 5.74) is 7.48. The number of nitrogens with zero attached hydrogens (tertiary/aromatic N) is 1. The van der Waals surface area contributed by atoms with Gasteiger partial charge in [0.15, 0.2) is 8.32 Å². The smallest absolute Gasteiger partial charge is 0.221 e. The van der Waals surface area contributed by atoms with Crippen LogP contribution in [0.25, 0.3) is 10.9 Å². The van der Waals surface area contributed by atoms with Crippen LogP contribution < -0.4 is 5.73 Å². The lowest BCUT2D eigenvalue weighted by molar-refractivity contribution is -0.117. The average Bonchev–Trinajstić information content (AvgIpc) is 2.75. The van der Waals surface area contributed by atoms with Crippen LogP contribution in [-0.4, -0.2) is 25.4 Å². The fraction of sp³-hybridized carbons (Fsp3) is 0.500. The zero-order valence-corrected chi connectivity index (χ0v) is 15.8. The first-order valence-electron chi connectivity index (χ1n) is 8.11. The second-order valence-corrected chi connectivity index (χ2v) is 12.4. The van der Waals surface area contributed by atoms with E-state index in [0.717, 1.165) is 23.0 Å². The minimum Gasteiger partial charge on any atom is -0.415 e. The van der Waals surface area contributed by atoms with Crippen molar-refractivity contribution in [3.63, 3.8) is 0 Å². The van der Waals surface area contributed by atoms with Crippen molar-refractivity contribution in [2.45, 2.75) is 51.9 Å². The average molecular weight is 333 g/mol. The van der Waals surface area contributed by atoms with Gasteiger partial charge in [-0.1, -0.05) is 39.0 Å². The minimum absolute atomic E-state index is 0.211. The van der Waals surface area contributed by atoms with E-state index in [0.29, 0.717) is 6.61 Å². The SMILES string of the molecule is CC(C)(C)[Si](C)(C)OCCn1cc(CC(N)=O)c2ccccc21. The van der Waals surface area contributed by atoms with Crippen LogP contribution in [0.15, 0.2) is 30.5 Å². The molecule has 0 bridgehead atoms. The van der Waals surface area contributed by atoms with Crippen molar-refractivity contribution in [2.75, 3.05) is 6.61 Å². The highest BCUT2D eigenvalue weighted by molar-refractivity contribution is 6.74. The molecule has 1 aromatic heterocycles. The highest BCUT2D eigenvalue weighted by Crippen LogP contribution is 2.36. The Morgan fingerprint density at radius 1 is 1.26 bits per heavy atom. The summed E-state index contributed by atoms with van der Waals surface area (Å²) in [6.45, 7) is 12.7. The van der Waals surface area contributed by atoms with E-state index in [9.17, 15) is 4.79 Å². The molecule has 2 rings (SSSR count). The van der Waals surface area contributed by atoms with E-state index >= 15 is 0 Å². The van der Waals surface area contributed by atoms with E-state index in [4.69, 9.17) is 10.2 Å². The summed E-state index contributed by atoms with van der Waals surface area (Å²) in [5.74, 6) is -0.301. The first-order chi connectivity index (χ1) is 10.6. The highest BCUT2D eigenvalue weighted by atomic mass is 28.4. The number of para-hydroxylation sites is 1. The fourth-order valence-corrected chi connectivity index (χ4v) is 3.49. The maximum Gasteiger partial charge on any atom is 0.221 e. The molecule has 23 heavy (non-hydrogen) atoms. The van der Waals surface area contributed by atoms with Gasteiger partial charge in [0.25, 0.3) is 0 Å². The molecule has 4 nitrogen and oxygen atoms in total. The Bertz CT molecular complexity index is 699. The molecule has 2 N–H and O–H groups in total. The first kappa shape index (κ1) is 17.8. The Kier molecular flexibility index (Phi) is 5.01.